The van der Waals surface area contributed by atoms with E-state index in [1.807, 2.05) is 49.4 Å². The molecule has 178 valence electrons. The van der Waals surface area contributed by atoms with Gasteiger partial charge in [-0.1, -0.05) is 48.0 Å². The number of sulfonamides is 1. The first kappa shape index (κ1) is 26.0. The second-order valence-corrected chi connectivity index (χ2v) is 9.35. The molecule has 33 heavy (non-hydrogen) atoms. The van der Waals surface area contributed by atoms with Crippen LogP contribution >= 0.6 is 0 Å². The molecule has 0 saturated carbocycles. The number of amides is 2. The molecule has 2 aromatic rings. The molecule has 0 radical (unpaired) electrons. The third-order valence-electron chi connectivity index (χ3n) is 4.79. The number of rotatable bonds is 12. The standard InChI is InChI=1S/C23H29N3O6S/c1-18-9-11-20(12-10-18)23(29)24-15-21(27)26(17-19-7-4-3-5-8-19)13-6-14-33(30,31)25-16-22(28)32-2/h3-5,7-12,25H,6,13-17H2,1-2H3,(H,24,29). The van der Waals surface area contributed by atoms with E-state index in [1.165, 1.54) is 12.0 Å². The number of nitrogens with one attached hydrogen (secondary N) is 2. The molecule has 2 aromatic carbocycles. The molecule has 0 aliphatic heterocycles. The lowest BCUT2D eigenvalue weighted by atomic mass is 10.1. The van der Waals surface area contributed by atoms with Crippen LogP contribution in [-0.2, 0) is 30.9 Å². The predicted octanol–water partition coefficient (Wildman–Crippen LogP) is 1.24. The van der Waals surface area contributed by atoms with Gasteiger partial charge in [0.05, 0.1) is 19.4 Å². The molecule has 0 aliphatic rings. The Balaban J connectivity index is 1.96. The van der Waals surface area contributed by atoms with E-state index in [9.17, 15) is 22.8 Å². The summed E-state index contributed by atoms with van der Waals surface area (Å²) in [7, 11) is -2.54. The van der Waals surface area contributed by atoms with E-state index in [0.717, 1.165) is 11.1 Å². The summed E-state index contributed by atoms with van der Waals surface area (Å²) in [5.74, 6) is -1.65. The molecular formula is C23H29N3O6S. The molecule has 0 bridgehead atoms. The summed E-state index contributed by atoms with van der Waals surface area (Å²) < 4.78 is 30.7. The lowest BCUT2D eigenvalue weighted by molar-refractivity contribution is -0.139. The van der Waals surface area contributed by atoms with Crippen molar-refractivity contribution in [2.75, 3.05) is 32.5 Å². The van der Waals surface area contributed by atoms with Gasteiger partial charge in [0.1, 0.15) is 6.54 Å². The molecule has 0 atom stereocenters. The van der Waals surface area contributed by atoms with Gasteiger partial charge in [-0.3, -0.25) is 14.4 Å². The highest BCUT2D eigenvalue weighted by Crippen LogP contribution is 2.07. The lowest BCUT2D eigenvalue weighted by Crippen LogP contribution is -2.41. The van der Waals surface area contributed by atoms with Gasteiger partial charge < -0.3 is 15.0 Å². The Morgan fingerprint density at radius 1 is 0.970 bits per heavy atom. The molecule has 2 amide bonds. The number of benzene rings is 2. The summed E-state index contributed by atoms with van der Waals surface area (Å²) in [6, 6.07) is 16.3. The third kappa shape index (κ3) is 9.42. The van der Waals surface area contributed by atoms with Gasteiger partial charge in [-0.2, -0.15) is 0 Å². The molecule has 0 spiro atoms. The Labute approximate surface area is 194 Å². The molecular weight excluding hydrogens is 446 g/mol. The molecule has 2 rings (SSSR count). The van der Waals surface area contributed by atoms with Crippen LogP contribution in [0.2, 0.25) is 0 Å². The van der Waals surface area contributed by atoms with E-state index in [2.05, 4.69) is 14.8 Å². The normalized spacial score (nSPS) is 11.0. The van der Waals surface area contributed by atoms with Gasteiger partial charge >= 0.3 is 5.97 Å². The fourth-order valence-electron chi connectivity index (χ4n) is 2.93. The zero-order valence-corrected chi connectivity index (χ0v) is 19.6. The van der Waals surface area contributed by atoms with Gasteiger partial charge in [0, 0.05) is 18.7 Å². The Bertz CT molecular complexity index is 1040. The van der Waals surface area contributed by atoms with Crippen molar-refractivity contribution in [3.63, 3.8) is 0 Å². The maximum atomic E-state index is 12.8. The van der Waals surface area contributed by atoms with Gasteiger partial charge in [0.2, 0.25) is 15.9 Å². The van der Waals surface area contributed by atoms with Gasteiger partial charge in [-0.15, -0.1) is 0 Å². The van der Waals surface area contributed by atoms with Crippen LogP contribution in [0.4, 0.5) is 0 Å². The second kappa shape index (κ2) is 12.7. The number of esters is 1. The number of hydrogen-bond donors (Lipinski definition) is 2. The minimum absolute atomic E-state index is 0.154. The predicted molar refractivity (Wildman–Crippen MR) is 124 cm³/mol. The molecule has 2 N–H and O–H groups in total. The zero-order valence-electron chi connectivity index (χ0n) is 18.7. The van der Waals surface area contributed by atoms with Crippen molar-refractivity contribution in [1.82, 2.24) is 14.9 Å². The van der Waals surface area contributed by atoms with E-state index in [0.29, 0.717) is 5.56 Å². The molecule has 0 heterocycles. The van der Waals surface area contributed by atoms with Gasteiger partial charge in [0.25, 0.3) is 5.91 Å². The minimum atomic E-state index is -3.70. The summed E-state index contributed by atoms with van der Waals surface area (Å²) in [4.78, 5) is 37.8. The number of ether oxygens (including phenoxy) is 1. The number of hydrogen-bond acceptors (Lipinski definition) is 6. The summed E-state index contributed by atoms with van der Waals surface area (Å²) >= 11 is 0. The first-order valence-electron chi connectivity index (χ1n) is 10.4. The Morgan fingerprint density at radius 3 is 2.27 bits per heavy atom. The smallest absolute Gasteiger partial charge is 0.320 e. The topological polar surface area (TPSA) is 122 Å². The first-order chi connectivity index (χ1) is 15.7. The van der Waals surface area contributed by atoms with E-state index in [-0.39, 0.29) is 43.6 Å². The van der Waals surface area contributed by atoms with Crippen LogP contribution in [-0.4, -0.2) is 63.6 Å². The molecule has 10 heteroatoms. The van der Waals surface area contributed by atoms with Crippen LogP contribution in [0.1, 0.15) is 27.9 Å². The van der Waals surface area contributed by atoms with Crippen molar-refractivity contribution in [3.8, 4) is 0 Å². The molecule has 0 aromatic heterocycles. The van der Waals surface area contributed by atoms with Crippen LogP contribution in [0.3, 0.4) is 0 Å². The van der Waals surface area contributed by atoms with Crippen molar-refractivity contribution < 1.29 is 27.5 Å². The van der Waals surface area contributed by atoms with Crippen molar-refractivity contribution in [1.29, 1.82) is 0 Å². The van der Waals surface area contributed by atoms with Crippen LogP contribution in [0.15, 0.2) is 54.6 Å². The van der Waals surface area contributed by atoms with Gasteiger partial charge in [0.15, 0.2) is 0 Å². The number of nitrogens with zero attached hydrogens (tertiary/aromatic N) is 1. The summed E-state index contributed by atoms with van der Waals surface area (Å²) in [6.45, 7) is 1.68. The SMILES string of the molecule is COC(=O)CNS(=O)(=O)CCCN(Cc1ccccc1)C(=O)CNC(=O)c1ccc(C)cc1. The van der Waals surface area contributed by atoms with E-state index < -0.39 is 22.5 Å². The Morgan fingerprint density at radius 2 is 1.64 bits per heavy atom. The Kier molecular flexibility index (Phi) is 10.0. The molecule has 0 aliphatic carbocycles. The quantitative estimate of drug-likeness (QED) is 0.446. The molecule has 0 unspecified atom stereocenters. The van der Waals surface area contributed by atoms with Crippen molar-refractivity contribution in [2.45, 2.75) is 19.9 Å². The first-order valence-corrected chi connectivity index (χ1v) is 12.1. The minimum Gasteiger partial charge on any atom is -0.468 e. The summed E-state index contributed by atoms with van der Waals surface area (Å²) in [6.07, 6.45) is 0.154. The Hall–Kier alpha value is -3.24. The van der Waals surface area contributed by atoms with Crippen LogP contribution in [0.25, 0.3) is 0 Å². The maximum Gasteiger partial charge on any atom is 0.320 e. The van der Waals surface area contributed by atoms with Crippen molar-refractivity contribution >= 4 is 27.8 Å². The number of aryl methyl sites for hydroxylation is 1. The fraction of sp³-hybridized carbons (Fsp3) is 0.348. The van der Waals surface area contributed by atoms with E-state index >= 15 is 0 Å². The molecule has 0 saturated heterocycles. The van der Waals surface area contributed by atoms with Crippen LogP contribution in [0, 0.1) is 6.92 Å². The van der Waals surface area contributed by atoms with E-state index in [1.54, 1.807) is 12.1 Å². The van der Waals surface area contributed by atoms with Crippen LogP contribution < -0.4 is 10.0 Å². The van der Waals surface area contributed by atoms with E-state index in [4.69, 9.17) is 0 Å². The zero-order chi connectivity index (χ0) is 24.3. The van der Waals surface area contributed by atoms with Gasteiger partial charge in [-0.25, -0.2) is 13.1 Å². The number of methoxy groups -OCH3 is 1. The summed E-state index contributed by atoms with van der Waals surface area (Å²) in [5, 5.41) is 2.62. The fourth-order valence-corrected chi connectivity index (χ4v) is 3.92. The number of carbonyl (C=O) groups excluding carboxylic acids is 3. The average molecular weight is 476 g/mol. The number of carbonyl (C=O) groups is 3. The maximum absolute atomic E-state index is 12.8. The highest BCUT2D eigenvalue weighted by molar-refractivity contribution is 7.89. The van der Waals surface area contributed by atoms with Gasteiger partial charge in [-0.05, 0) is 31.0 Å². The second-order valence-electron chi connectivity index (χ2n) is 7.42. The highest BCUT2D eigenvalue weighted by atomic mass is 32.2. The van der Waals surface area contributed by atoms with Crippen LogP contribution in [0.5, 0.6) is 0 Å². The highest BCUT2D eigenvalue weighted by Gasteiger charge is 2.18. The third-order valence-corrected chi connectivity index (χ3v) is 6.20. The molecule has 9 nitrogen and oxygen atoms in total. The summed E-state index contributed by atoms with van der Waals surface area (Å²) in [5.41, 5.74) is 2.35. The largest absolute Gasteiger partial charge is 0.468 e. The van der Waals surface area contributed by atoms with Crippen molar-refractivity contribution in [3.05, 3.63) is 71.3 Å². The van der Waals surface area contributed by atoms with Crippen molar-refractivity contribution in [2.24, 2.45) is 0 Å². The monoisotopic (exact) mass is 475 g/mol. The average Bonchev–Trinajstić information content (AvgIpc) is 2.81. The lowest BCUT2D eigenvalue weighted by Gasteiger charge is -2.23. The molecule has 0 fully saturated rings.